The van der Waals surface area contributed by atoms with Crippen LogP contribution in [0.1, 0.15) is 20.0 Å². The minimum absolute atomic E-state index is 0.200. The molecule has 0 spiro atoms. The standard InChI is InChI=1S/C23H17ClFNO5S2/c1-29-15-7-4-11(8-16(15)30-2)14-10-32-22(18(14)23(28)31-3)26-21(27)20-19(24)13-6-5-12(25)9-17(13)33-20/h4-10H,1-3H3,(H,26,27). The first-order valence-corrected chi connectivity index (χ1v) is 11.6. The first kappa shape index (κ1) is 23.0. The van der Waals surface area contributed by atoms with E-state index in [1.165, 1.54) is 50.9 Å². The van der Waals surface area contributed by atoms with Crippen molar-refractivity contribution in [3.05, 3.63) is 63.1 Å². The lowest BCUT2D eigenvalue weighted by molar-refractivity contribution is 0.0603. The van der Waals surface area contributed by atoms with Crippen LogP contribution in [-0.2, 0) is 4.74 Å². The third-order valence-corrected chi connectivity index (χ3v) is 7.45. The zero-order chi connectivity index (χ0) is 23.7. The van der Waals surface area contributed by atoms with Gasteiger partial charge in [0, 0.05) is 21.0 Å². The molecular weight excluding hydrogens is 489 g/mol. The van der Waals surface area contributed by atoms with Crippen LogP contribution >= 0.6 is 34.3 Å². The summed E-state index contributed by atoms with van der Waals surface area (Å²) in [6.07, 6.45) is 0. The molecule has 170 valence electrons. The van der Waals surface area contributed by atoms with E-state index in [1.807, 2.05) is 0 Å². The van der Waals surface area contributed by atoms with Crippen LogP contribution in [0.4, 0.5) is 9.39 Å². The average molecular weight is 506 g/mol. The van der Waals surface area contributed by atoms with E-state index in [9.17, 15) is 14.0 Å². The minimum Gasteiger partial charge on any atom is -0.493 e. The molecule has 33 heavy (non-hydrogen) atoms. The predicted octanol–water partition coefficient (Wildman–Crippen LogP) is 6.48. The topological polar surface area (TPSA) is 73.9 Å². The van der Waals surface area contributed by atoms with E-state index in [2.05, 4.69) is 5.32 Å². The van der Waals surface area contributed by atoms with E-state index >= 15 is 0 Å². The van der Waals surface area contributed by atoms with Crippen molar-refractivity contribution in [3.63, 3.8) is 0 Å². The molecule has 0 aliphatic heterocycles. The number of carbonyl (C=O) groups excluding carboxylic acids is 2. The summed E-state index contributed by atoms with van der Waals surface area (Å²) in [7, 11) is 4.31. The molecule has 0 saturated carbocycles. The highest BCUT2D eigenvalue weighted by molar-refractivity contribution is 7.22. The van der Waals surface area contributed by atoms with E-state index in [0.29, 0.717) is 37.7 Å². The normalized spacial score (nSPS) is 10.8. The van der Waals surface area contributed by atoms with Gasteiger partial charge in [-0.1, -0.05) is 17.7 Å². The smallest absolute Gasteiger partial charge is 0.341 e. The quantitative estimate of drug-likeness (QED) is 0.304. The number of thiophene rings is 2. The molecule has 4 aromatic rings. The van der Waals surface area contributed by atoms with Gasteiger partial charge in [0.1, 0.15) is 21.3 Å². The molecule has 0 fully saturated rings. The predicted molar refractivity (Wildman–Crippen MR) is 129 cm³/mol. The first-order valence-electron chi connectivity index (χ1n) is 9.49. The lowest BCUT2D eigenvalue weighted by Crippen LogP contribution is -2.13. The molecule has 0 aliphatic rings. The number of carbonyl (C=O) groups is 2. The molecule has 0 radical (unpaired) electrons. The summed E-state index contributed by atoms with van der Waals surface area (Å²) in [5.74, 6) is -0.501. The van der Waals surface area contributed by atoms with Gasteiger partial charge in [-0.05, 0) is 35.9 Å². The van der Waals surface area contributed by atoms with Crippen molar-refractivity contribution in [2.24, 2.45) is 0 Å². The van der Waals surface area contributed by atoms with Gasteiger partial charge in [0.15, 0.2) is 11.5 Å². The lowest BCUT2D eigenvalue weighted by Gasteiger charge is -2.11. The monoisotopic (exact) mass is 505 g/mol. The van der Waals surface area contributed by atoms with Crippen molar-refractivity contribution in [1.82, 2.24) is 0 Å². The van der Waals surface area contributed by atoms with Gasteiger partial charge in [-0.3, -0.25) is 4.79 Å². The molecule has 10 heteroatoms. The summed E-state index contributed by atoms with van der Waals surface area (Å²) in [6, 6.07) is 9.37. The zero-order valence-electron chi connectivity index (χ0n) is 17.7. The molecule has 0 bridgehead atoms. The molecule has 2 heterocycles. The van der Waals surface area contributed by atoms with Crippen molar-refractivity contribution in [2.75, 3.05) is 26.6 Å². The van der Waals surface area contributed by atoms with Crippen LogP contribution in [0, 0.1) is 5.82 Å². The molecule has 0 saturated heterocycles. The fourth-order valence-electron chi connectivity index (χ4n) is 3.32. The Labute approximate surface area is 201 Å². The van der Waals surface area contributed by atoms with Gasteiger partial charge in [-0.2, -0.15) is 0 Å². The van der Waals surface area contributed by atoms with Gasteiger partial charge in [0.05, 0.1) is 26.4 Å². The van der Waals surface area contributed by atoms with E-state index in [1.54, 1.807) is 23.6 Å². The Hall–Kier alpha value is -3.14. The summed E-state index contributed by atoms with van der Waals surface area (Å²) < 4.78 is 29.7. The maximum Gasteiger partial charge on any atom is 0.341 e. The zero-order valence-corrected chi connectivity index (χ0v) is 20.0. The van der Waals surface area contributed by atoms with Crippen LogP contribution in [0.15, 0.2) is 41.8 Å². The molecule has 2 aromatic carbocycles. The van der Waals surface area contributed by atoms with Crippen molar-refractivity contribution in [2.45, 2.75) is 0 Å². The third kappa shape index (κ3) is 4.27. The number of esters is 1. The Bertz CT molecular complexity index is 1380. The first-order chi connectivity index (χ1) is 15.9. The number of halogens is 2. The van der Waals surface area contributed by atoms with Crippen LogP contribution in [0.25, 0.3) is 21.2 Å². The molecule has 0 aliphatic carbocycles. The second-order valence-electron chi connectivity index (χ2n) is 6.75. The van der Waals surface area contributed by atoms with Gasteiger partial charge >= 0.3 is 5.97 Å². The van der Waals surface area contributed by atoms with Crippen molar-refractivity contribution in [1.29, 1.82) is 0 Å². The molecule has 1 amide bonds. The molecule has 0 unspecified atom stereocenters. The van der Waals surface area contributed by atoms with Crippen molar-refractivity contribution in [3.8, 4) is 22.6 Å². The number of anilines is 1. The number of fused-ring (bicyclic) bond motifs is 1. The summed E-state index contributed by atoms with van der Waals surface area (Å²) in [5, 5.41) is 5.61. The number of ether oxygens (including phenoxy) is 3. The number of methoxy groups -OCH3 is 3. The number of rotatable bonds is 6. The van der Waals surface area contributed by atoms with Gasteiger partial charge < -0.3 is 19.5 Å². The van der Waals surface area contributed by atoms with Gasteiger partial charge in [-0.15, -0.1) is 22.7 Å². The Balaban J connectivity index is 1.74. The Morgan fingerprint density at radius 3 is 2.48 bits per heavy atom. The molecular formula is C23H17ClFNO5S2. The fourth-order valence-corrected chi connectivity index (χ4v) is 5.71. The van der Waals surface area contributed by atoms with Gasteiger partial charge in [0.25, 0.3) is 5.91 Å². The van der Waals surface area contributed by atoms with E-state index in [0.717, 1.165) is 11.3 Å². The Morgan fingerprint density at radius 1 is 1.03 bits per heavy atom. The van der Waals surface area contributed by atoms with E-state index in [4.69, 9.17) is 25.8 Å². The van der Waals surface area contributed by atoms with Crippen LogP contribution in [0.2, 0.25) is 5.02 Å². The Morgan fingerprint density at radius 2 is 1.79 bits per heavy atom. The minimum atomic E-state index is -0.610. The van der Waals surface area contributed by atoms with E-state index in [-0.39, 0.29) is 15.5 Å². The summed E-state index contributed by atoms with van der Waals surface area (Å²) in [5.41, 5.74) is 1.44. The summed E-state index contributed by atoms with van der Waals surface area (Å²) in [4.78, 5) is 25.9. The lowest BCUT2D eigenvalue weighted by atomic mass is 10.0. The van der Waals surface area contributed by atoms with Crippen LogP contribution in [0.5, 0.6) is 11.5 Å². The number of nitrogens with one attached hydrogen (secondary N) is 1. The summed E-state index contributed by atoms with van der Waals surface area (Å²) >= 11 is 8.62. The van der Waals surface area contributed by atoms with Crippen molar-refractivity contribution >= 4 is 61.2 Å². The fraction of sp³-hybridized carbons (Fsp3) is 0.130. The number of benzene rings is 2. The van der Waals surface area contributed by atoms with Crippen LogP contribution < -0.4 is 14.8 Å². The molecule has 6 nitrogen and oxygen atoms in total. The maximum absolute atomic E-state index is 13.6. The maximum atomic E-state index is 13.6. The molecule has 2 aromatic heterocycles. The number of hydrogen-bond acceptors (Lipinski definition) is 7. The van der Waals surface area contributed by atoms with E-state index < -0.39 is 17.7 Å². The molecule has 4 rings (SSSR count). The van der Waals surface area contributed by atoms with Gasteiger partial charge in [-0.25, -0.2) is 9.18 Å². The number of hydrogen-bond donors (Lipinski definition) is 1. The largest absolute Gasteiger partial charge is 0.493 e. The second-order valence-corrected chi connectivity index (χ2v) is 9.06. The molecule has 0 atom stereocenters. The van der Waals surface area contributed by atoms with Gasteiger partial charge in [0.2, 0.25) is 0 Å². The van der Waals surface area contributed by atoms with Crippen LogP contribution in [0.3, 0.4) is 0 Å². The number of amides is 1. The molecule has 1 N–H and O–H groups in total. The summed E-state index contributed by atoms with van der Waals surface area (Å²) in [6.45, 7) is 0. The average Bonchev–Trinajstić information content (AvgIpc) is 3.38. The van der Waals surface area contributed by atoms with Crippen molar-refractivity contribution < 1.29 is 28.2 Å². The highest BCUT2D eigenvalue weighted by atomic mass is 35.5. The highest BCUT2D eigenvalue weighted by Crippen LogP contribution is 2.41. The SMILES string of the molecule is COC(=O)c1c(-c2ccc(OC)c(OC)c2)csc1NC(=O)c1sc2cc(F)ccc2c1Cl. The Kier molecular flexibility index (Phi) is 6.55. The highest BCUT2D eigenvalue weighted by Gasteiger charge is 2.25. The van der Waals surface area contributed by atoms with Crippen LogP contribution in [-0.4, -0.2) is 33.2 Å². The second kappa shape index (κ2) is 9.38. The third-order valence-electron chi connectivity index (χ3n) is 4.90.